The number of pyridine rings is 1. The number of carbonyl (C=O) groups excluding carboxylic acids is 3. The van der Waals surface area contributed by atoms with E-state index in [2.05, 4.69) is 20.5 Å². The van der Waals surface area contributed by atoms with Gasteiger partial charge in [-0.25, -0.2) is 4.98 Å². The Morgan fingerprint density at radius 2 is 1.72 bits per heavy atom. The third-order valence-corrected chi connectivity index (χ3v) is 7.71. The highest BCUT2D eigenvalue weighted by atomic mass is 16.2. The number of piperidine rings is 1. The Morgan fingerprint density at radius 1 is 1.03 bits per heavy atom. The normalized spacial score (nSPS) is 23.0. The van der Waals surface area contributed by atoms with Gasteiger partial charge in [0.2, 0.25) is 0 Å². The molecular formula is C28H35N5O3. The Balaban J connectivity index is 1.24. The van der Waals surface area contributed by atoms with Crippen molar-refractivity contribution in [3.05, 3.63) is 53.2 Å². The monoisotopic (exact) mass is 489 g/mol. The first kappa shape index (κ1) is 24.3. The molecule has 1 saturated carbocycles. The van der Waals surface area contributed by atoms with Crippen LogP contribution in [-0.4, -0.2) is 47.3 Å². The van der Waals surface area contributed by atoms with Crippen LogP contribution in [0.3, 0.4) is 0 Å². The summed E-state index contributed by atoms with van der Waals surface area (Å²) in [7, 11) is 0. The summed E-state index contributed by atoms with van der Waals surface area (Å²) in [4.78, 5) is 44.2. The van der Waals surface area contributed by atoms with E-state index in [9.17, 15) is 14.4 Å². The van der Waals surface area contributed by atoms with Gasteiger partial charge < -0.3 is 21.3 Å². The van der Waals surface area contributed by atoms with Crippen molar-refractivity contribution in [2.24, 2.45) is 17.6 Å². The molecule has 0 spiro atoms. The molecule has 190 valence electrons. The lowest BCUT2D eigenvalue weighted by Gasteiger charge is -2.40. The summed E-state index contributed by atoms with van der Waals surface area (Å²) in [6.45, 7) is 4.58. The van der Waals surface area contributed by atoms with E-state index in [0.29, 0.717) is 40.4 Å². The van der Waals surface area contributed by atoms with Crippen LogP contribution in [0.15, 0.2) is 36.5 Å². The fourth-order valence-electron chi connectivity index (χ4n) is 5.58. The van der Waals surface area contributed by atoms with Crippen LogP contribution in [0.5, 0.6) is 0 Å². The Labute approximate surface area is 212 Å². The maximum atomic E-state index is 13.1. The molecule has 3 fully saturated rings. The minimum atomic E-state index is -0.501. The summed E-state index contributed by atoms with van der Waals surface area (Å²) in [5, 5.41) is 6.53. The van der Waals surface area contributed by atoms with Crippen molar-refractivity contribution in [1.82, 2.24) is 10.3 Å². The molecule has 1 aromatic carbocycles. The number of Topliss-reactive ketones (excluding diaryl/α,β-unsaturated/α-hetero) is 1. The molecule has 3 aliphatic rings. The van der Waals surface area contributed by atoms with Crippen LogP contribution in [0.25, 0.3) is 0 Å². The zero-order chi connectivity index (χ0) is 25.4. The molecule has 8 heteroatoms. The second-order valence-corrected chi connectivity index (χ2v) is 10.8. The van der Waals surface area contributed by atoms with Gasteiger partial charge >= 0.3 is 0 Å². The van der Waals surface area contributed by atoms with Crippen molar-refractivity contribution >= 4 is 29.1 Å². The van der Waals surface area contributed by atoms with E-state index in [1.807, 2.05) is 26.0 Å². The molecule has 2 aliphatic heterocycles. The number of anilines is 2. The molecule has 3 heterocycles. The number of nitrogens with one attached hydrogen (secondary N) is 2. The maximum Gasteiger partial charge on any atom is 0.251 e. The van der Waals surface area contributed by atoms with Crippen molar-refractivity contribution in [3.8, 4) is 0 Å². The zero-order valence-electron chi connectivity index (χ0n) is 21.0. The quantitative estimate of drug-likeness (QED) is 0.462. The van der Waals surface area contributed by atoms with Crippen LogP contribution >= 0.6 is 0 Å². The Hall–Kier alpha value is -3.42. The molecule has 2 bridgehead atoms. The van der Waals surface area contributed by atoms with E-state index in [1.165, 1.54) is 12.8 Å². The van der Waals surface area contributed by atoms with E-state index >= 15 is 0 Å². The molecule has 0 radical (unpaired) electrons. The van der Waals surface area contributed by atoms with Gasteiger partial charge in [-0.1, -0.05) is 13.8 Å². The summed E-state index contributed by atoms with van der Waals surface area (Å²) < 4.78 is 0. The lowest BCUT2D eigenvalue weighted by molar-refractivity contribution is 0.0922. The summed E-state index contributed by atoms with van der Waals surface area (Å²) in [6.07, 6.45) is 7.90. The maximum absolute atomic E-state index is 13.1. The van der Waals surface area contributed by atoms with Gasteiger partial charge in [-0.05, 0) is 74.8 Å². The first-order valence-corrected chi connectivity index (χ1v) is 13.1. The molecule has 1 aliphatic carbocycles. The van der Waals surface area contributed by atoms with Crippen molar-refractivity contribution in [1.29, 1.82) is 0 Å². The predicted molar refractivity (Wildman–Crippen MR) is 139 cm³/mol. The fraction of sp³-hybridized carbons (Fsp3) is 0.500. The SMILES string of the molecule is CC(C)C(=O)c1ccc(N2[C@@H]3CC[C@H]2C[C@@H](NC(=O)c2ccc(C(N)=O)c(NCC4CC4)c2)C3)nc1. The third-order valence-electron chi connectivity index (χ3n) is 7.71. The van der Waals surface area contributed by atoms with Crippen LogP contribution in [0, 0.1) is 11.8 Å². The Morgan fingerprint density at radius 3 is 2.31 bits per heavy atom. The van der Waals surface area contributed by atoms with Crippen LogP contribution in [0.4, 0.5) is 11.5 Å². The van der Waals surface area contributed by atoms with Gasteiger partial charge in [-0.3, -0.25) is 14.4 Å². The topological polar surface area (TPSA) is 117 Å². The molecule has 3 atom stereocenters. The largest absolute Gasteiger partial charge is 0.384 e. The minimum absolute atomic E-state index is 0.0507. The van der Waals surface area contributed by atoms with Crippen LogP contribution in [0.1, 0.15) is 83.4 Å². The number of hydrogen-bond acceptors (Lipinski definition) is 6. The van der Waals surface area contributed by atoms with Gasteiger partial charge in [0, 0.05) is 53.6 Å². The number of nitrogens with zero attached hydrogens (tertiary/aromatic N) is 2. The van der Waals surface area contributed by atoms with Gasteiger partial charge in [0.25, 0.3) is 11.8 Å². The van der Waals surface area contributed by atoms with Gasteiger partial charge in [0.05, 0.1) is 5.56 Å². The highest BCUT2D eigenvalue weighted by Gasteiger charge is 2.42. The smallest absolute Gasteiger partial charge is 0.251 e. The number of aromatic nitrogens is 1. The molecule has 1 aromatic heterocycles. The second kappa shape index (κ2) is 9.91. The van der Waals surface area contributed by atoms with Crippen molar-refractivity contribution < 1.29 is 14.4 Å². The average Bonchev–Trinajstić information content (AvgIpc) is 3.65. The Bertz CT molecular complexity index is 1140. The second-order valence-electron chi connectivity index (χ2n) is 10.8. The minimum Gasteiger partial charge on any atom is -0.384 e. The number of fused-ring (bicyclic) bond motifs is 2. The number of rotatable bonds is 9. The number of carbonyl (C=O) groups is 3. The van der Waals surface area contributed by atoms with Crippen LogP contribution < -0.4 is 21.3 Å². The molecule has 2 saturated heterocycles. The zero-order valence-corrected chi connectivity index (χ0v) is 21.0. The number of ketones is 1. The summed E-state index contributed by atoms with van der Waals surface area (Å²) in [5.74, 6) is 0.956. The van der Waals surface area contributed by atoms with Gasteiger partial charge in [-0.2, -0.15) is 0 Å². The number of hydrogen-bond donors (Lipinski definition) is 3. The van der Waals surface area contributed by atoms with E-state index < -0.39 is 5.91 Å². The summed E-state index contributed by atoms with van der Waals surface area (Å²) in [6, 6.07) is 9.57. The Kier molecular flexibility index (Phi) is 6.69. The number of nitrogens with two attached hydrogens (primary N) is 1. The van der Waals surface area contributed by atoms with Crippen LogP contribution in [0.2, 0.25) is 0 Å². The standard InChI is InChI=1S/C28H35N5O3/c1-16(2)26(34)19-6-10-25(31-15-19)33-21-7-8-22(33)13-20(12-21)32-28(36)18-5-9-23(27(29)35)24(11-18)30-14-17-3-4-17/h5-6,9-11,15-17,20-22,30H,3-4,7-8,12-14H2,1-2H3,(H2,29,35)(H,32,36)/t20-,21+,22-. The van der Waals surface area contributed by atoms with Crippen LogP contribution in [-0.2, 0) is 0 Å². The molecule has 2 aromatic rings. The number of primary amides is 1. The third kappa shape index (κ3) is 5.08. The number of amides is 2. The van der Waals surface area contributed by atoms with E-state index in [0.717, 1.165) is 38.0 Å². The van der Waals surface area contributed by atoms with Gasteiger partial charge in [0.1, 0.15) is 5.82 Å². The highest BCUT2D eigenvalue weighted by molar-refractivity contribution is 6.02. The fourth-order valence-corrected chi connectivity index (χ4v) is 5.58. The molecule has 36 heavy (non-hydrogen) atoms. The van der Waals surface area contributed by atoms with Crippen molar-refractivity contribution in [3.63, 3.8) is 0 Å². The van der Waals surface area contributed by atoms with Crippen molar-refractivity contribution in [2.45, 2.75) is 70.5 Å². The summed E-state index contributed by atoms with van der Waals surface area (Å²) >= 11 is 0. The molecule has 8 nitrogen and oxygen atoms in total. The summed E-state index contributed by atoms with van der Waals surface area (Å²) in [5.41, 5.74) is 7.75. The first-order valence-electron chi connectivity index (χ1n) is 13.1. The lowest BCUT2D eigenvalue weighted by atomic mass is 9.96. The van der Waals surface area contributed by atoms with Crippen molar-refractivity contribution in [2.75, 3.05) is 16.8 Å². The molecular weight excluding hydrogens is 454 g/mol. The lowest BCUT2D eigenvalue weighted by Crippen LogP contribution is -2.50. The predicted octanol–water partition coefficient (Wildman–Crippen LogP) is 3.77. The number of benzene rings is 1. The molecule has 2 amide bonds. The highest BCUT2D eigenvalue weighted by Crippen LogP contribution is 2.39. The molecule has 0 unspecified atom stereocenters. The van der Waals surface area contributed by atoms with Gasteiger partial charge in [0.15, 0.2) is 5.78 Å². The average molecular weight is 490 g/mol. The van der Waals surface area contributed by atoms with E-state index in [-0.39, 0.29) is 23.7 Å². The van der Waals surface area contributed by atoms with E-state index in [1.54, 1.807) is 24.4 Å². The first-order chi connectivity index (χ1) is 17.3. The molecule has 4 N–H and O–H groups in total. The van der Waals surface area contributed by atoms with Gasteiger partial charge in [-0.15, -0.1) is 0 Å². The van der Waals surface area contributed by atoms with E-state index in [4.69, 9.17) is 5.73 Å². The molecule has 5 rings (SSSR count).